The molecule has 1 rings (SSSR count). The van der Waals surface area contributed by atoms with Crippen molar-refractivity contribution in [2.24, 2.45) is 15.7 Å². The number of hydrogen-bond acceptors (Lipinski definition) is 4. The summed E-state index contributed by atoms with van der Waals surface area (Å²) in [5.41, 5.74) is 4.96. The summed E-state index contributed by atoms with van der Waals surface area (Å²) in [7, 11) is 0. The van der Waals surface area contributed by atoms with Gasteiger partial charge in [-0.05, 0) is 26.5 Å². The molecule has 1 heterocycles. The van der Waals surface area contributed by atoms with Gasteiger partial charge in [-0.25, -0.2) is 4.99 Å². The molecular formula is C14H20N4O. The van der Waals surface area contributed by atoms with Gasteiger partial charge in [0.05, 0.1) is 5.70 Å². The molecule has 0 radical (unpaired) electrons. The summed E-state index contributed by atoms with van der Waals surface area (Å²) in [6.07, 6.45) is 8.53. The van der Waals surface area contributed by atoms with Gasteiger partial charge in [-0.2, -0.15) is 0 Å². The van der Waals surface area contributed by atoms with Crippen LogP contribution in [0.1, 0.15) is 19.8 Å². The highest BCUT2D eigenvalue weighted by Crippen LogP contribution is 2.28. The molecule has 1 aliphatic rings. The van der Waals surface area contributed by atoms with Crippen molar-refractivity contribution >= 4 is 18.5 Å². The molecule has 0 aromatic rings. The van der Waals surface area contributed by atoms with E-state index < -0.39 is 5.54 Å². The first-order valence-electron chi connectivity index (χ1n) is 6.13. The van der Waals surface area contributed by atoms with Crippen LogP contribution in [0.15, 0.2) is 46.6 Å². The van der Waals surface area contributed by atoms with Gasteiger partial charge in [-0.1, -0.05) is 30.9 Å². The van der Waals surface area contributed by atoms with E-state index in [2.05, 4.69) is 28.6 Å². The lowest BCUT2D eigenvalue weighted by Gasteiger charge is -2.19. The third kappa shape index (κ3) is 3.48. The van der Waals surface area contributed by atoms with Gasteiger partial charge < -0.3 is 11.1 Å². The average molecular weight is 260 g/mol. The summed E-state index contributed by atoms with van der Waals surface area (Å²) in [6, 6.07) is 0. The number of amides is 1. The molecule has 0 aliphatic carbocycles. The molecule has 0 aromatic carbocycles. The molecule has 1 atom stereocenters. The summed E-state index contributed by atoms with van der Waals surface area (Å²) in [6.45, 7) is 9.44. The van der Waals surface area contributed by atoms with Crippen LogP contribution >= 0.6 is 0 Å². The minimum atomic E-state index is -0.832. The normalized spacial score (nSPS) is 22.8. The van der Waals surface area contributed by atoms with E-state index in [1.165, 1.54) is 0 Å². The molecule has 0 spiro atoms. The van der Waals surface area contributed by atoms with Crippen LogP contribution in [0.2, 0.25) is 0 Å². The van der Waals surface area contributed by atoms with Gasteiger partial charge >= 0.3 is 0 Å². The van der Waals surface area contributed by atoms with E-state index in [0.29, 0.717) is 30.9 Å². The fourth-order valence-corrected chi connectivity index (χ4v) is 1.78. The lowest BCUT2D eigenvalue weighted by molar-refractivity contribution is -0.123. The average Bonchev–Trinajstić information content (AvgIpc) is 2.74. The fraction of sp³-hybridized carbons (Fsp3) is 0.357. The van der Waals surface area contributed by atoms with Crippen molar-refractivity contribution in [3.05, 3.63) is 36.6 Å². The highest BCUT2D eigenvalue weighted by atomic mass is 16.2. The number of nitrogens with zero attached hydrogens (tertiary/aromatic N) is 2. The number of aliphatic imine (C=N–C) groups is 2. The number of amidine groups is 1. The smallest absolute Gasteiger partial charge is 0.254 e. The molecule has 19 heavy (non-hydrogen) atoms. The summed E-state index contributed by atoms with van der Waals surface area (Å²) in [5, 5.41) is 2.71. The first-order chi connectivity index (χ1) is 9.09. The van der Waals surface area contributed by atoms with Crippen LogP contribution in [0.5, 0.6) is 0 Å². The van der Waals surface area contributed by atoms with Crippen molar-refractivity contribution in [3.63, 3.8) is 0 Å². The Bertz CT molecular complexity index is 462. The van der Waals surface area contributed by atoms with Crippen molar-refractivity contribution in [1.82, 2.24) is 5.32 Å². The van der Waals surface area contributed by atoms with Gasteiger partial charge in [0.15, 0.2) is 5.84 Å². The summed E-state index contributed by atoms with van der Waals surface area (Å²) in [5.74, 6) is 0.248. The maximum atomic E-state index is 12.2. The largest absolute Gasteiger partial charge is 0.327 e. The Hall–Kier alpha value is -2.01. The minimum Gasteiger partial charge on any atom is -0.327 e. The molecule has 1 unspecified atom stereocenters. The second-order valence-electron chi connectivity index (χ2n) is 4.24. The number of rotatable bonds is 7. The lowest BCUT2D eigenvalue weighted by atomic mass is 9.91. The summed E-state index contributed by atoms with van der Waals surface area (Å²) >= 11 is 0. The van der Waals surface area contributed by atoms with Gasteiger partial charge in [0.1, 0.15) is 5.54 Å². The maximum absolute atomic E-state index is 12.2. The second kappa shape index (κ2) is 6.80. The Balaban J connectivity index is 3.04. The topological polar surface area (TPSA) is 79.8 Å². The zero-order valence-corrected chi connectivity index (χ0v) is 11.2. The summed E-state index contributed by atoms with van der Waals surface area (Å²) < 4.78 is 0. The van der Waals surface area contributed by atoms with Crippen LogP contribution in [0.25, 0.3) is 0 Å². The van der Waals surface area contributed by atoms with Crippen LogP contribution in [0, 0.1) is 0 Å². The molecule has 5 heteroatoms. The number of allylic oxidation sites excluding steroid dienone is 1. The maximum Gasteiger partial charge on any atom is 0.254 e. The SMILES string of the molecule is C=NC(=C)C1=NC(C/C=C/C)(C/C=C/CN)C(=O)N1. The van der Waals surface area contributed by atoms with Gasteiger partial charge in [-0.15, -0.1) is 0 Å². The van der Waals surface area contributed by atoms with Crippen LogP contribution in [0.3, 0.4) is 0 Å². The Labute approximate surface area is 113 Å². The van der Waals surface area contributed by atoms with Crippen LogP contribution < -0.4 is 11.1 Å². The molecule has 1 aliphatic heterocycles. The van der Waals surface area contributed by atoms with Crippen molar-refractivity contribution in [1.29, 1.82) is 0 Å². The Morgan fingerprint density at radius 3 is 2.74 bits per heavy atom. The molecule has 1 amide bonds. The van der Waals surface area contributed by atoms with E-state index in [1.807, 2.05) is 31.2 Å². The Kier molecular flexibility index (Phi) is 5.38. The third-order valence-corrected chi connectivity index (χ3v) is 2.89. The van der Waals surface area contributed by atoms with Gasteiger partial charge in [-0.3, -0.25) is 9.79 Å². The van der Waals surface area contributed by atoms with Crippen molar-refractivity contribution in [2.75, 3.05) is 6.54 Å². The monoisotopic (exact) mass is 260 g/mol. The summed E-state index contributed by atoms with van der Waals surface area (Å²) in [4.78, 5) is 20.4. The molecule has 3 N–H and O–H groups in total. The number of nitrogens with one attached hydrogen (secondary N) is 1. The highest BCUT2D eigenvalue weighted by molar-refractivity contribution is 6.15. The number of carbonyl (C=O) groups is 1. The zero-order valence-electron chi connectivity index (χ0n) is 11.2. The van der Waals surface area contributed by atoms with E-state index in [0.717, 1.165) is 0 Å². The second-order valence-corrected chi connectivity index (χ2v) is 4.24. The van der Waals surface area contributed by atoms with E-state index in [4.69, 9.17) is 5.73 Å². The lowest BCUT2D eigenvalue weighted by Crippen LogP contribution is -2.39. The van der Waals surface area contributed by atoms with Crippen molar-refractivity contribution in [3.8, 4) is 0 Å². The van der Waals surface area contributed by atoms with Gasteiger partial charge in [0.2, 0.25) is 0 Å². The molecule has 0 saturated heterocycles. The number of hydrogen-bond donors (Lipinski definition) is 2. The Morgan fingerprint density at radius 1 is 1.47 bits per heavy atom. The Morgan fingerprint density at radius 2 is 2.16 bits per heavy atom. The highest BCUT2D eigenvalue weighted by Gasteiger charge is 2.42. The minimum absolute atomic E-state index is 0.146. The fourth-order valence-electron chi connectivity index (χ4n) is 1.78. The molecule has 0 fully saturated rings. The first-order valence-corrected chi connectivity index (χ1v) is 6.13. The van der Waals surface area contributed by atoms with Crippen LogP contribution in [0.4, 0.5) is 0 Å². The predicted octanol–water partition coefficient (Wildman–Crippen LogP) is 1.34. The molecule has 5 nitrogen and oxygen atoms in total. The zero-order chi connectivity index (χ0) is 14.3. The van der Waals surface area contributed by atoms with E-state index in [9.17, 15) is 4.79 Å². The first kappa shape index (κ1) is 15.0. The standard InChI is InChI=1S/C14H20N4O/c1-4-5-8-14(9-6-7-10-15)13(19)17-12(18-14)11(2)16-3/h4-7H,2-3,8-10,15H2,1H3,(H,17,18,19)/b5-4+,7-6+. The molecule has 0 bridgehead atoms. The van der Waals surface area contributed by atoms with Crippen molar-refractivity contribution < 1.29 is 4.79 Å². The molecule has 0 aromatic heterocycles. The van der Waals surface area contributed by atoms with Crippen LogP contribution in [-0.2, 0) is 4.79 Å². The van der Waals surface area contributed by atoms with E-state index in [1.54, 1.807) is 0 Å². The quantitative estimate of drug-likeness (QED) is 0.535. The number of carbonyl (C=O) groups excluding carboxylic acids is 1. The van der Waals surface area contributed by atoms with E-state index >= 15 is 0 Å². The van der Waals surface area contributed by atoms with Gasteiger partial charge in [0, 0.05) is 6.54 Å². The molecular weight excluding hydrogens is 240 g/mol. The van der Waals surface area contributed by atoms with Gasteiger partial charge in [0.25, 0.3) is 5.91 Å². The van der Waals surface area contributed by atoms with Crippen molar-refractivity contribution in [2.45, 2.75) is 25.3 Å². The predicted molar refractivity (Wildman–Crippen MR) is 79.2 cm³/mol. The van der Waals surface area contributed by atoms with E-state index in [-0.39, 0.29) is 5.91 Å². The third-order valence-electron chi connectivity index (χ3n) is 2.89. The number of nitrogens with two attached hydrogens (primary N) is 1. The molecule has 0 saturated carbocycles. The molecule has 102 valence electrons. The van der Waals surface area contributed by atoms with Crippen LogP contribution in [-0.4, -0.2) is 30.5 Å².